The van der Waals surface area contributed by atoms with Gasteiger partial charge in [-0.05, 0) is 24.3 Å². The molecule has 0 amide bonds. The summed E-state index contributed by atoms with van der Waals surface area (Å²) in [6.07, 6.45) is 0. The van der Waals surface area contributed by atoms with Crippen LogP contribution < -0.4 is 9.47 Å². The summed E-state index contributed by atoms with van der Waals surface area (Å²) in [6, 6.07) is 10.4. The lowest BCUT2D eigenvalue weighted by molar-refractivity contribution is -0.384. The maximum absolute atomic E-state index is 12.9. The fraction of sp³-hybridized carbons (Fsp3) is 0.0714. The summed E-state index contributed by atoms with van der Waals surface area (Å²) in [6.45, 7) is -0.402. The smallest absolute Gasteiger partial charge is 0.349 e. The summed E-state index contributed by atoms with van der Waals surface area (Å²) in [7, 11) is 0. The third-order valence-corrected chi connectivity index (χ3v) is 2.43. The molecule has 0 unspecified atom stereocenters. The van der Waals surface area contributed by atoms with Gasteiger partial charge in [-0.1, -0.05) is 6.07 Å². The van der Waals surface area contributed by atoms with Gasteiger partial charge in [-0.2, -0.15) is 0 Å². The Balaban J connectivity index is 1.88. The predicted molar refractivity (Wildman–Crippen MR) is 70.6 cm³/mol. The number of rotatable bonds is 5. The summed E-state index contributed by atoms with van der Waals surface area (Å²) in [4.78, 5) is 21.4. The highest BCUT2D eigenvalue weighted by Gasteiger charge is 2.09. The van der Waals surface area contributed by atoms with E-state index in [9.17, 15) is 19.3 Å². The SMILES string of the molecule is O=C(COc1cccc(F)c1)Oc1ccc([N+](=O)[O-])cc1. The van der Waals surface area contributed by atoms with Crippen molar-refractivity contribution in [3.8, 4) is 11.5 Å². The van der Waals surface area contributed by atoms with Crippen molar-refractivity contribution in [1.29, 1.82) is 0 Å². The second-order valence-electron chi connectivity index (χ2n) is 3.97. The van der Waals surface area contributed by atoms with Crippen LogP contribution in [0.5, 0.6) is 11.5 Å². The molecule has 2 aromatic carbocycles. The van der Waals surface area contributed by atoms with Crippen LogP contribution in [-0.4, -0.2) is 17.5 Å². The first-order chi connectivity index (χ1) is 10.0. The number of nitro groups is 1. The van der Waals surface area contributed by atoms with Gasteiger partial charge in [-0.25, -0.2) is 9.18 Å². The molecule has 0 fully saturated rings. The second kappa shape index (κ2) is 6.47. The zero-order chi connectivity index (χ0) is 15.2. The number of carbonyl (C=O) groups is 1. The molecule has 0 aliphatic rings. The summed E-state index contributed by atoms with van der Waals surface area (Å²) >= 11 is 0. The molecule has 0 aliphatic heterocycles. The van der Waals surface area contributed by atoms with E-state index in [1.807, 2.05) is 0 Å². The molecule has 2 aromatic rings. The van der Waals surface area contributed by atoms with Crippen molar-refractivity contribution in [2.45, 2.75) is 0 Å². The first kappa shape index (κ1) is 14.4. The molecule has 0 radical (unpaired) electrons. The Kier molecular flexibility index (Phi) is 4.45. The molecule has 21 heavy (non-hydrogen) atoms. The van der Waals surface area contributed by atoms with Crippen molar-refractivity contribution in [3.63, 3.8) is 0 Å². The maximum atomic E-state index is 12.9. The topological polar surface area (TPSA) is 78.7 Å². The number of nitro benzene ring substituents is 1. The number of carbonyl (C=O) groups excluding carboxylic acids is 1. The summed E-state index contributed by atoms with van der Waals surface area (Å²) in [5.41, 5.74) is -0.106. The number of ether oxygens (including phenoxy) is 2. The average Bonchev–Trinajstić information content (AvgIpc) is 2.46. The van der Waals surface area contributed by atoms with Gasteiger partial charge in [0.1, 0.15) is 17.3 Å². The lowest BCUT2D eigenvalue weighted by Gasteiger charge is -2.06. The highest BCUT2D eigenvalue weighted by atomic mass is 19.1. The minimum Gasteiger partial charge on any atom is -0.482 e. The summed E-state index contributed by atoms with van der Waals surface area (Å²) in [5.74, 6) is -0.812. The Bertz CT molecular complexity index is 657. The lowest BCUT2D eigenvalue weighted by Crippen LogP contribution is -2.17. The van der Waals surface area contributed by atoms with Gasteiger partial charge < -0.3 is 9.47 Å². The van der Waals surface area contributed by atoms with Gasteiger partial charge in [0.05, 0.1) is 4.92 Å². The first-order valence-electron chi connectivity index (χ1n) is 5.88. The van der Waals surface area contributed by atoms with Crippen molar-refractivity contribution in [2.75, 3.05) is 6.61 Å². The van der Waals surface area contributed by atoms with Gasteiger partial charge in [-0.3, -0.25) is 10.1 Å². The van der Waals surface area contributed by atoms with Gasteiger partial charge in [0.25, 0.3) is 5.69 Å². The van der Waals surface area contributed by atoms with E-state index in [4.69, 9.17) is 9.47 Å². The predicted octanol–water partition coefficient (Wildman–Crippen LogP) is 2.72. The number of esters is 1. The Morgan fingerprint density at radius 2 is 1.86 bits per heavy atom. The molecular formula is C14H10FNO5. The number of halogens is 1. The molecule has 0 heterocycles. The zero-order valence-electron chi connectivity index (χ0n) is 10.7. The molecule has 0 atom stereocenters. The lowest BCUT2D eigenvalue weighted by atomic mass is 10.3. The molecule has 0 N–H and O–H groups in total. The molecule has 0 aromatic heterocycles. The molecule has 0 spiro atoms. The molecule has 0 bridgehead atoms. The van der Waals surface area contributed by atoms with E-state index >= 15 is 0 Å². The van der Waals surface area contributed by atoms with Crippen LogP contribution in [0.25, 0.3) is 0 Å². The number of hydrogen-bond donors (Lipinski definition) is 0. The van der Waals surface area contributed by atoms with E-state index in [1.54, 1.807) is 0 Å². The Hall–Kier alpha value is -2.96. The van der Waals surface area contributed by atoms with E-state index in [0.29, 0.717) is 0 Å². The van der Waals surface area contributed by atoms with Crippen LogP contribution in [0.3, 0.4) is 0 Å². The van der Waals surface area contributed by atoms with Crippen molar-refractivity contribution < 1.29 is 23.6 Å². The normalized spacial score (nSPS) is 9.95. The van der Waals surface area contributed by atoms with E-state index in [1.165, 1.54) is 42.5 Å². The van der Waals surface area contributed by atoms with Crippen LogP contribution in [-0.2, 0) is 4.79 Å². The second-order valence-corrected chi connectivity index (χ2v) is 3.97. The monoisotopic (exact) mass is 291 g/mol. The quantitative estimate of drug-likeness (QED) is 0.366. The number of non-ortho nitro benzene ring substituents is 1. The van der Waals surface area contributed by atoms with Gasteiger partial charge in [0.2, 0.25) is 0 Å². The van der Waals surface area contributed by atoms with E-state index in [-0.39, 0.29) is 17.2 Å². The molecule has 2 rings (SSSR count). The Labute approximate surface area is 118 Å². The van der Waals surface area contributed by atoms with Gasteiger partial charge in [-0.15, -0.1) is 0 Å². The molecular weight excluding hydrogens is 281 g/mol. The van der Waals surface area contributed by atoms with Crippen molar-refractivity contribution in [3.05, 3.63) is 64.5 Å². The minimum atomic E-state index is -0.701. The number of hydrogen-bond acceptors (Lipinski definition) is 5. The molecule has 7 heteroatoms. The molecule has 0 aliphatic carbocycles. The van der Waals surface area contributed by atoms with Crippen LogP contribution in [0, 0.1) is 15.9 Å². The summed E-state index contributed by atoms with van der Waals surface area (Å²) < 4.78 is 22.9. The van der Waals surface area contributed by atoms with Crippen molar-refractivity contribution in [2.24, 2.45) is 0 Å². The molecule has 0 saturated carbocycles. The number of benzene rings is 2. The maximum Gasteiger partial charge on any atom is 0.349 e. The van der Waals surface area contributed by atoms with Gasteiger partial charge in [0.15, 0.2) is 6.61 Å². The number of nitrogens with zero attached hydrogens (tertiary/aromatic N) is 1. The summed E-state index contributed by atoms with van der Waals surface area (Å²) in [5, 5.41) is 10.5. The Morgan fingerprint density at radius 1 is 1.14 bits per heavy atom. The van der Waals surface area contributed by atoms with Gasteiger partial charge >= 0.3 is 5.97 Å². The molecule has 0 saturated heterocycles. The average molecular weight is 291 g/mol. The van der Waals surface area contributed by atoms with Crippen LogP contribution in [0.4, 0.5) is 10.1 Å². The standard InChI is InChI=1S/C14H10FNO5/c15-10-2-1-3-13(8-10)20-9-14(17)21-12-6-4-11(5-7-12)16(18)19/h1-8H,9H2. The highest BCUT2D eigenvalue weighted by Crippen LogP contribution is 2.17. The van der Waals surface area contributed by atoms with Gasteiger partial charge in [0, 0.05) is 18.2 Å². The highest BCUT2D eigenvalue weighted by molar-refractivity contribution is 5.74. The fourth-order valence-corrected chi connectivity index (χ4v) is 1.50. The van der Waals surface area contributed by atoms with E-state index < -0.39 is 23.3 Å². The van der Waals surface area contributed by atoms with Crippen molar-refractivity contribution in [1.82, 2.24) is 0 Å². The van der Waals surface area contributed by atoms with Crippen LogP contribution >= 0.6 is 0 Å². The first-order valence-corrected chi connectivity index (χ1v) is 5.88. The zero-order valence-corrected chi connectivity index (χ0v) is 10.7. The molecule has 108 valence electrons. The largest absolute Gasteiger partial charge is 0.482 e. The van der Waals surface area contributed by atoms with E-state index in [2.05, 4.69) is 0 Å². The fourth-order valence-electron chi connectivity index (χ4n) is 1.50. The molecule has 6 nitrogen and oxygen atoms in total. The van der Waals surface area contributed by atoms with Crippen LogP contribution in [0.1, 0.15) is 0 Å². The van der Waals surface area contributed by atoms with Crippen LogP contribution in [0.2, 0.25) is 0 Å². The third kappa shape index (κ3) is 4.27. The Morgan fingerprint density at radius 3 is 2.48 bits per heavy atom. The third-order valence-electron chi connectivity index (χ3n) is 2.43. The van der Waals surface area contributed by atoms with E-state index in [0.717, 1.165) is 6.07 Å². The van der Waals surface area contributed by atoms with Crippen molar-refractivity contribution >= 4 is 11.7 Å². The minimum absolute atomic E-state index is 0.106. The van der Waals surface area contributed by atoms with Crippen LogP contribution in [0.15, 0.2) is 48.5 Å².